The number of likely N-dealkylation sites (tertiary alicyclic amines) is 1. The largest absolute Gasteiger partial charge is 0.418 e. The molecule has 146 valence electrons. The first-order valence-electron chi connectivity index (χ1n) is 9.34. The molecule has 1 saturated heterocycles. The first-order valence-corrected chi connectivity index (χ1v) is 9.34. The quantitative estimate of drug-likeness (QED) is 0.771. The summed E-state index contributed by atoms with van der Waals surface area (Å²) in [6.07, 6.45) is -1.18. The van der Waals surface area contributed by atoms with E-state index in [1.807, 2.05) is 12.1 Å². The molecule has 2 aliphatic heterocycles. The van der Waals surface area contributed by atoms with Crippen LogP contribution in [0.3, 0.4) is 0 Å². The summed E-state index contributed by atoms with van der Waals surface area (Å²) >= 11 is 0. The summed E-state index contributed by atoms with van der Waals surface area (Å²) in [7, 11) is 0. The van der Waals surface area contributed by atoms with Crippen LogP contribution in [0, 0.1) is 0 Å². The van der Waals surface area contributed by atoms with Crippen LogP contribution in [0.1, 0.15) is 30.4 Å². The van der Waals surface area contributed by atoms with Gasteiger partial charge in [0.05, 0.1) is 23.6 Å². The Hall–Kier alpha value is -2.67. The van der Waals surface area contributed by atoms with Crippen LogP contribution in [0.25, 0.3) is 0 Å². The van der Waals surface area contributed by atoms with Crippen LogP contribution in [0.15, 0.2) is 53.5 Å². The van der Waals surface area contributed by atoms with Gasteiger partial charge in [-0.2, -0.15) is 13.2 Å². The zero-order chi connectivity index (χ0) is 19.7. The van der Waals surface area contributed by atoms with E-state index in [0.717, 1.165) is 32.0 Å². The molecule has 2 heterocycles. The summed E-state index contributed by atoms with van der Waals surface area (Å²) in [5, 5.41) is 0. The topological polar surface area (TPSA) is 35.9 Å². The zero-order valence-corrected chi connectivity index (χ0v) is 15.2. The Morgan fingerprint density at radius 1 is 0.929 bits per heavy atom. The van der Waals surface area contributed by atoms with E-state index in [2.05, 4.69) is 9.89 Å². The number of benzene rings is 2. The molecule has 7 heteroatoms. The Balaban J connectivity index is 1.73. The van der Waals surface area contributed by atoms with Crippen molar-refractivity contribution in [3.63, 3.8) is 0 Å². The number of piperidine rings is 1. The second-order valence-corrected chi connectivity index (χ2v) is 7.05. The van der Waals surface area contributed by atoms with Crippen LogP contribution in [0.4, 0.5) is 24.5 Å². The maximum absolute atomic E-state index is 13.3. The number of carbonyl (C=O) groups is 1. The van der Waals surface area contributed by atoms with Crippen LogP contribution < -0.4 is 4.90 Å². The van der Waals surface area contributed by atoms with Gasteiger partial charge in [0.2, 0.25) is 0 Å². The number of hydrogen-bond donors (Lipinski definition) is 0. The second-order valence-electron chi connectivity index (χ2n) is 7.05. The smallest absolute Gasteiger partial charge is 0.293 e. The third-order valence-electron chi connectivity index (χ3n) is 5.13. The Bertz CT molecular complexity index is 917. The average Bonchev–Trinajstić information content (AvgIpc) is 2.94. The highest BCUT2D eigenvalue weighted by Gasteiger charge is 2.37. The third kappa shape index (κ3) is 3.54. The van der Waals surface area contributed by atoms with Crippen molar-refractivity contribution >= 4 is 23.0 Å². The van der Waals surface area contributed by atoms with Crippen LogP contribution in [-0.2, 0) is 11.0 Å². The highest BCUT2D eigenvalue weighted by Crippen LogP contribution is 2.38. The SMILES string of the molecule is O=C1C(=Nc2ccccc2C(F)(F)F)c2ccccc2N1CN1CCCCC1. The summed E-state index contributed by atoms with van der Waals surface area (Å²) in [6, 6.07) is 12.2. The van der Waals surface area contributed by atoms with E-state index >= 15 is 0 Å². The fourth-order valence-corrected chi connectivity index (χ4v) is 3.74. The van der Waals surface area contributed by atoms with Crippen molar-refractivity contribution in [3.8, 4) is 0 Å². The van der Waals surface area contributed by atoms with Crippen LogP contribution in [-0.4, -0.2) is 36.3 Å². The van der Waals surface area contributed by atoms with E-state index in [0.29, 0.717) is 17.9 Å². The van der Waals surface area contributed by atoms with Gasteiger partial charge in [0.25, 0.3) is 5.91 Å². The highest BCUT2D eigenvalue weighted by atomic mass is 19.4. The molecule has 1 amide bonds. The molecule has 0 saturated carbocycles. The fraction of sp³-hybridized carbons (Fsp3) is 0.333. The number of aliphatic imine (C=N–C) groups is 1. The molecular formula is C21H20F3N3O. The number of amides is 1. The van der Waals surface area contributed by atoms with E-state index < -0.39 is 11.7 Å². The van der Waals surface area contributed by atoms with E-state index in [1.54, 1.807) is 17.0 Å². The van der Waals surface area contributed by atoms with Crippen molar-refractivity contribution in [2.24, 2.45) is 4.99 Å². The minimum absolute atomic E-state index is 0.0595. The van der Waals surface area contributed by atoms with E-state index in [1.165, 1.54) is 24.6 Å². The monoisotopic (exact) mass is 387 g/mol. The van der Waals surface area contributed by atoms with Gasteiger partial charge in [-0.25, -0.2) is 4.99 Å². The second kappa shape index (κ2) is 7.39. The highest BCUT2D eigenvalue weighted by molar-refractivity contribution is 6.54. The lowest BCUT2D eigenvalue weighted by Gasteiger charge is -2.30. The van der Waals surface area contributed by atoms with Gasteiger partial charge in [-0.05, 0) is 44.1 Å². The first kappa shape index (κ1) is 18.7. The predicted molar refractivity (Wildman–Crippen MR) is 102 cm³/mol. The van der Waals surface area contributed by atoms with Gasteiger partial charge in [0.15, 0.2) is 0 Å². The minimum Gasteiger partial charge on any atom is -0.293 e. The number of nitrogens with zero attached hydrogens (tertiary/aromatic N) is 3. The molecule has 0 bridgehead atoms. The maximum Gasteiger partial charge on any atom is 0.418 e. The summed E-state index contributed by atoms with van der Waals surface area (Å²) < 4.78 is 40.0. The summed E-state index contributed by atoms with van der Waals surface area (Å²) in [5.41, 5.74) is 0.238. The number of fused-ring (bicyclic) bond motifs is 1. The predicted octanol–water partition coefficient (Wildman–Crippen LogP) is 4.62. The van der Waals surface area contributed by atoms with E-state index in [-0.39, 0.29) is 17.3 Å². The summed E-state index contributed by atoms with van der Waals surface area (Å²) in [4.78, 5) is 21.1. The molecule has 2 aromatic carbocycles. The maximum atomic E-state index is 13.3. The number of para-hydroxylation sites is 2. The summed E-state index contributed by atoms with van der Waals surface area (Å²) in [5.74, 6) is -0.358. The molecule has 0 unspecified atom stereocenters. The molecule has 0 aromatic heterocycles. The molecule has 2 aliphatic rings. The number of anilines is 1. The molecule has 1 fully saturated rings. The van der Waals surface area contributed by atoms with Gasteiger partial charge in [0, 0.05) is 5.56 Å². The van der Waals surface area contributed by atoms with Crippen molar-refractivity contribution in [2.45, 2.75) is 25.4 Å². The number of rotatable bonds is 3. The minimum atomic E-state index is -4.53. The Morgan fingerprint density at radius 2 is 1.61 bits per heavy atom. The van der Waals surface area contributed by atoms with Crippen LogP contribution in [0.5, 0.6) is 0 Å². The fourth-order valence-electron chi connectivity index (χ4n) is 3.74. The Kier molecular flexibility index (Phi) is 4.93. The van der Waals surface area contributed by atoms with Crippen molar-refractivity contribution in [1.29, 1.82) is 0 Å². The van der Waals surface area contributed by atoms with Gasteiger partial charge < -0.3 is 0 Å². The summed E-state index contributed by atoms with van der Waals surface area (Å²) in [6.45, 7) is 2.25. The molecule has 28 heavy (non-hydrogen) atoms. The molecule has 2 aromatic rings. The van der Waals surface area contributed by atoms with Crippen molar-refractivity contribution < 1.29 is 18.0 Å². The van der Waals surface area contributed by atoms with E-state index in [4.69, 9.17) is 0 Å². The normalized spacial score (nSPS) is 19.3. The third-order valence-corrected chi connectivity index (χ3v) is 5.13. The lowest BCUT2D eigenvalue weighted by molar-refractivity contribution is -0.137. The molecular weight excluding hydrogens is 367 g/mol. The molecule has 0 N–H and O–H groups in total. The van der Waals surface area contributed by atoms with Gasteiger partial charge in [-0.1, -0.05) is 36.8 Å². The van der Waals surface area contributed by atoms with Crippen molar-refractivity contribution in [3.05, 3.63) is 59.7 Å². The number of hydrogen-bond acceptors (Lipinski definition) is 3. The number of halogens is 3. The first-order chi connectivity index (χ1) is 13.4. The number of alkyl halides is 3. The molecule has 0 atom stereocenters. The lowest BCUT2D eigenvalue weighted by Crippen LogP contribution is -2.43. The average molecular weight is 387 g/mol. The molecule has 0 radical (unpaired) electrons. The van der Waals surface area contributed by atoms with Gasteiger partial charge in [0.1, 0.15) is 5.71 Å². The van der Waals surface area contributed by atoms with Gasteiger partial charge in [-0.3, -0.25) is 14.6 Å². The zero-order valence-electron chi connectivity index (χ0n) is 15.2. The van der Waals surface area contributed by atoms with Gasteiger partial charge in [-0.15, -0.1) is 0 Å². The lowest BCUT2D eigenvalue weighted by atomic mass is 10.1. The molecule has 0 aliphatic carbocycles. The van der Waals surface area contributed by atoms with Crippen molar-refractivity contribution in [2.75, 3.05) is 24.7 Å². The molecule has 4 rings (SSSR count). The number of carbonyl (C=O) groups excluding carboxylic acids is 1. The van der Waals surface area contributed by atoms with E-state index in [9.17, 15) is 18.0 Å². The molecule has 4 nitrogen and oxygen atoms in total. The standard InChI is InChI=1S/C21H20F3N3O/c22-21(23,24)16-9-3-4-10-17(16)25-19-15-8-2-5-11-18(15)27(20(19)28)14-26-12-6-1-7-13-26/h2-5,8-11H,1,6-7,12-14H2. The van der Waals surface area contributed by atoms with Gasteiger partial charge >= 0.3 is 6.18 Å². The van der Waals surface area contributed by atoms with Crippen LogP contribution in [0.2, 0.25) is 0 Å². The van der Waals surface area contributed by atoms with Crippen LogP contribution >= 0.6 is 0 Å². The Morgan fingerprint density at radius 3 is 2.36 bits per heavy atom. The van der Waals surface area contributed by atoms with Crippen molar-refractivity contribution in [1.82, 2.24) is 4.90 Å². The molecule has 0 spiro atoms. The Labute approximate surface area is 161 Å².